The van der Waals surface area contributed by atoms with Gasteiger partial charge in [0.1, 0.15) is 11.3 Å². The molecule has 5 heteroatoms. The van der Waals surface area contributed by atoms with E-state index in [1.807, 2.05) is 24.3 Å². The largest absolute Gasteiger partial charge is 0.497 e. The first kappa shape index (κ1) is 15.4. The average Bonchev–Trinajstić information content (AvgIpc) is 2.48. The molecule has 0 radical (unpaired) electrons. The van der Waals surface area contributed by atoms with Crippen LogP contribution in [0.5, 0.6) is 5.75 Å². The van der Waals surface area contributed by atoms with Crippen LogP contribution in [0.25, 0.3) is 0 Å². The summed E-state index contributed by atoms with van der Waals surface area (Å²) in [7, 11) is 1.61. The molecule has 2 rings (SSSR count). The number of benzene rings is 1. The topological polar surface area (TPSA) is 64.6 Å². The van der Waals surface area contributed by atoms with Gasteiger partial charge in [0.2, 0.25) is 5.91 Å². The summed E-state index contributed by atoms with van der Waals surface area (Å²) in [5.74, 6) is 0.313. The summed E-state index contributed by atoms with van der Waals surface area (Å²) < 4.78 is 10.3. The molecule has 0 saturated carbocycles. The maximum absolute atomic E-state index is 12.3. The Hall–Kier alpha value is -2.04. The maximum Gasteiger partial charge on any atom is 0.332 e. The molecule has 114 valence electrons. The zero-order valence-corrected chi connectivity index (χ0v) is 12.5. The predicted octanol–water partition coefficient (Wildman–Crippen LogP) is 1.84. The van der Waals surface area contributed by atoms with E-state index in [0.29, 0.717) is 32.3 Å². The second kappa shape index (κ2) is 6.61. The van der Waals surface area contributed by atoms with Gasteiger partial charge in [0.25, 0.3) is 0 Å². The normalized spacial score (nSPS) is 21.5. The maximum atomic E-state index is 12.3. The molecule has 1 N–H and O–H groups in total. The molecule has 1 aliphatic rings. The van der Waals surface area contributed by atoms with Gasteiger partial charge in [-0.25, -0.2) is 4.79 Å². The Morgan fingerprint density at radius 3 is 2.62 bits per heavy atom. The molecule has 5 nitrogen and oxygen atoms in total. The molecule has 1 atom stereocenters. The number of amides is 1. The molecule has 1 aromatic carbocycles. The van der Waals surface area contributed by atoms with Gasteiger partial charge >= 0.3 is 5.97 Å². The lowest BCUT2D eigenvalue weighted by Gasteiger charge is -2.35. The van der Waals surface area contributed by atoms with Crippen molar-refractivity contribution in [3.05, 3.63) is 29.8 Å². The number of nitrogens with one attached hydrogen (secondary N) is 1. The average molecular weight is 291 g/mol. The van der Waals surface area contributed by atoms with Crippen molar-refractivity contribution < 1.29 is 19.1 Å². The number of methoxy groups -OCH3 is 1. The standard InChI is InChI=1S/C16H21NO4/c1-3-21-15(19)16(10-4-5-14(18)17-16)11-12-6-8-13(20-2)9-7-12/h6-9H,3-5,10-11H2,1-2H3,(H,17,18). The fourth-order valence-electron chi connectivity index (χ4n) is 2.66. The van der Waals surface area contributed by atoms with Crippen molar-refractivity contribution >= 4 is 11.9 Å². The van der Waals surface area contributed by atoms with Crippen molar-refractivity contribution in [1.82, 2.24) is 5.32 Å². The zero-order valence-electron chi connectivity index (χ0n) is 12.5. The lowest BCUT2D eigenvalue weighted by molar-refractivity contribution is -0.155. The SMILES string of the molecule is CCOC(=O)C1(Cc2ccc(OC)cc2)CCCC(=O)N1. The van der Waals surface area contributed by atoms with E-state index in [0.717, 1.165) is 11.3 Å². The van der Waals surface area contributed by atoms with Crippen LogP contribution in [0.3, 0.4) is 0 Å². The summed E-state index contributed by atoms with van der Waals surface area (Å²) in [5, 5.41) is 2.85. The molecule has 0 aromatic heterocycles. The minimum absolute atomic E-state index is 0.0946. The third kappa shape index (κ3) is 3.54. The van der Waals surface area contributed by atoms with Gasteiger partial charge in [-0.3, -0.25) is 4.79 Å². The number of esters is 1. The van der Waals surface area contributed by atoms with Gasteiger partial charge in [0.05, 0.1) is 13.7 Å². The molecule has 1 fully saturated rings. The van der Waals surface area contributed by atoms with Crippen LogP contribution in [-0.4, -0.2) is 31.1 Å². The molecule has 0 aliphatic carbocycles. The lowest BCUT2D eigenvalue weighted by atomic mass is 9.83. The van der Waals surface area contributed by atoms with Crippen molar-refractivity contribution in [3.8, 4) is 5.75 Å². The quantitative estimate of drug-likeness (QED) is 0.841. The number of rotatable bonds is 5. The first-order valence-electron chi connectivity index (χ1n) is 7.21. The van der Waals surface area contributed by atoms with Crippen molar-refractivity contribution in [2.75, 3.05) is 13.7 Å². The van der Waals surface area contributed by atoms with Gasteiger partial charge in [-0.1, -0.05) is 12.1 Å². The molecule has 1 unspecified atom stereocenters. The molecule has 21 heavy (non-hydrogen) atoms. The van der Waals surface area contributed by atoms with Crippen molar-refractivity contribution in [3.63, 3.8) is 0 Å². The molecular weight excluding hydrogens is 270 g/mol. The minimum Gasteiger partial charge on any atom is -0.497 e. The predicted molar refractivity (Wildman–Crippen MR) is 78.1 cm³/mol. The van der Waals surface area contributed by atoms with Crippen LogP contribution >= 0.6 is 0 Å². The molecule has 1 saturated heterocycles. The smallest absolute Gasteiger partial charge is 0.332 e. The van der Waals surface area contributed by atoms with Crippen molar-refractivity contribution in [2.24, 2.45) is 0 Å². The van der Waals surface area contributed by atoms with Gasteiger partial charge in [0, 0.05) is 12.8 Å². The van der Waals surface area contributed by atoms with Crippen LogP contribution in [0.2, 0.25) is 0 Å². The summed E-state index contributed by atoms with van der Waals surface area (Å²) in [4.78, 5) is 24.1. The molecule has 0 bridgehead atoms. The number of piperidine rings is 1. The Kier molecular flexibility index (Phi) is 4.83. The van der Waals surface area contributed by atoms with E-state index in [4.69, 9.17) is 9.47 Å². The van der Waals surface area contributed by atoms with Crippen LogP contribution < -0.4 is 10.1 Å². The molecule has 1 aromatic rings. The summed E-state index contributed by atoms with van der Waals surface area (Å²) in [5.41, 5.74) is 0.0194. The van der Waals surface area contributed by atoms with E-state index >= 15 is 0 Å². The Morgan fingerprint density at radius 2 is 2.05 bits per heavy atom. The van der Waals surface area contributed by atoms with E-state index in [-0.39, 0.29) is 11.9 Å². The fourth-order valence-corrected chi connectivity index (χ4v) is 2.66. The van der Waals surface area contributed by atoms with Gasteiger partial charge < -0.3 is 14.8 Å². The van der Waals surface area contributed by atoms with Crippen molar-refractivity contribution in [2.45, 2.75) is 38.1 Å². The van der Waals surface area contributed by atoms with E-state index in [1.54, 1.807) is 14.0 Å². The first-order valence-corrected chi connectivity index (χ1v) is 7.21. The van der Waals surface area contributed by atoms with E-state index in [9.17, 15) is 9.59 Å². The number of hydrogen-bond acceptors (Lipinski definition) is 4. The summed E-state index contributed by atoms with van der Waals surface area (Å²) in [6, 6.07) is 7.50. The number of carbonyl (C=O) groups excluding carboxylic acids is 2. The highest BCUT2D eigenvalue weighted by molar-refractivity contribution is 5.89. The monoisotopic (exact) mass is 291 g/mol. The minimum atomic E-state index is -0.945. The van der Waals surface area contributed by atoms with E-state index < -0.39 is 5.54 Å². The second-order valence-electron chi connectivity index (χ2n) is 5.23. The van der Waals surface area contributed by atoms with Crippen molar-refractivity contribution in [1.29, 1.82) is 0 Å². The Morgan fingerprint density at radius 1 is 1.33 bits per heavy atom. The zero-order chi connectivity index (χ0) is 15.3. The Balaban J connectivity index is 2.22. The van der Waals surface area contributed by atoms with Gasteiger partial charge in [-0.15, -0.1) is 0 Å². The Bertz CT molecular complexity index is 512. The third-order valence-corrected chi connectivity index (χ3v) is 3.72. The summed E-state index contributed by atoms with van der Waals surface area (Å²) in [6.07, 6.45) is 2.19. The van der Waals surface area contributed by atoms with Crippen LogP contribution in [0.1, 0.15) is 31.7 Å². The van der Waals surface area contributed by atoms with Gasteiger partial charge in [-0.2, -0.15) is 0 Å². The van der Waals surface area contributed by atoms with E-state index in [2.05, 4.69) is 5.32 Å². The van der Waals surface area contributed by atoms with Gasteiger partial charge in [0.15, 0.2) is 0 Å². The number of ether oxygens (including phenoxy) is 2. The van der Waals surface area contributed by atoms with Crippen LogP contribution in [0.4, 0.5) is 0 Å². The lowest BCUT2D eigenvalue weighted by Crippen LogP contribution is -2.59. The van der Waals surface area contributed by atoms with Crippen LogP contribution in [0.15, 0.2) is 24.3 Å². The van der Waals surface area contributed by atoms with E-state index in [1.165, 1.54) is 0 Å². The molecular formula is C16H21NO4. The fraction of sp³-hybridized carbons (Fsp3) is 0.500. The van der Waals surface area contributed by atoms with Crippen LogP contribution in [-0.2, 0) is 20.7 Å². The number of hydrogen-bond donors (Lipinski definition) is 1. The van der Waals surface area contributed by atoms with Crippen LogP contribution in [0, 0.1) is 0 Å². The molecule has 1 aliphatic heterocycles. The second-order valence-corrected chi connectivity index (χ2v) is 5.23. The Labute approximate surface area is 124 Å². The highest BCUT2D eigenvalue weighted by Gasteiger charge is 2.43. The highest BCUT2D eigenvalue weighted by Crippen LogP contribution is 2.27. The molecule has 1 heterocycles. The number of carbonyl (C=O) groups is 2. The summed E-state index contributed by atoms with van der Waals surface area (Å²) in [6.45, 7) is 2.07. The molecule has 0 spiro atoms. The first-order chi connectivity index (χ1) is 10.1. The molecule has 1 amide bonds. The van der Waals surface area contributed by atoms with Gasteiger partial charge in [-0.05, 0) is 37.5 Å². The highest BCUT2D eigenvalue weighted by atomic mass is 16.5. The third-order valence-electron chi connectivity index (χ3n) is 3.72. The summed E-state index contributed by atoms with van der Waals surface area (Å²) >= 11 is 0.